The van der Waals surface area contributed by atoms with Gasteiger partial charge in [0.05, 0.1) is 4.90 Å². The Morgan fingerprint density at radius 1 is 0.967 bits per heavy atom. The molecular formula is C21H26N6O2S. The molecule has 1 aliphatic heterocycles. The second-order valence-corrected chi connectivity index (χ2v) is 9.47. The molecule has 5 N–H and O–H groups in total. The first kappa shape index (κ1) is 20.2. The van der Waals surface area contributed by atoms with Crippen LogP contribution in [-0.2, 0) is 10.0 Å². The highest BCUT2D eigenvalue weighted by atomic mass is 32.2. The van der Waals surface area contributed by atoms with Crippen LogP contribution < -0.4 is 21.1 Å². The third kappa shape index (κ3) is 3.85. The molecule has 0 aromatic heterocycles. The number of nitrogens with zero attached hydrogens (tertiary/aromatic N) is 3. The zero-order valence-corrected chi connectivity index (χ0v) is 17.7. The number of benzene rings is 2. The summed E-state index contributed by atoms with van der Waals surface area (Å²) in [6.45, 7) is 1.95. The Labute approximate surface area is 176 Å². The molecule has 1 aliphatic carbocycles. The summed E-state index contributed by atoms with van der Waals surface area (Å²) in [6.07, 6.45) is 4.82. The molecule has 2 aromatic carbocycles. The lowest BCUT2D eigenvalue weighted by Crippen LogP contribution is -2.58. The SMILES string of the molecule is Cc1ccc(NS(=O)(=O)c2ccc(N3C(N)=NC(N)=NC34CCCCC4)cc2)cc1. The van der Waals surface area contributed by atoms with Crippen LogP contribution >= 0.6 is 0 Å². The molecule has 0 amide bonds. The number of hydrogen-bond donors (Lipinski definition) is 3. The van der Waals surface area contributed by atoms with Crippen molar-refractivity contribution < 1.29 is 8.42 Å². The van der Waals surface area contributed by atoms with Crippen molar-refractivity contribution >= 4 is 33.3 Å². The lowest BCUT2D eigenvalue weighted by Gasteiger charge is -2.45. The van der Waals surface area contributed by atoms with E-state index in [0.717, 1.165) is 43.4 Å². The highest BCUT2D eigenvalue weighted by Gasteiger charge is 2.42. The van der Waals surface area contributed by atoms with Crippen molar-refractivity contribution in [2.24, 2.45) is 21.5 Å². The normalized spacial score (nSPS) is 18.6. The van der Waals surface area contributed by atoms with E-state index in [1.54, 1.807) is 36.4 Å². The van der Waals surface area contributed by atoms with Gasteiger partial charge in [0.15, 0.2) is 0 Å². The van der Waals surface area contributed by atoms with Crippen molar-refractivity contribution in [2.75, 3.05) is 9.62 Å². The molecule has 9 heteroatoms. The molecule has 2 aliphatic rings. The van der Waals surface area contributed by atoms with Gasteiger partial charge in [-0.15, -0.1) is 0 Å². The summed E-state index contributed by atoms with van der Waals surface area (Å²) < 4.78 is 28.1. The predicted octanol–water partition coefficient (Wildman–Crippen LogP) is 2.91. The van der Waals surface area contributed by atoms with E-state index in [1.165, 1.54) is 0 Å². The molecule has 158 valence electrons. The molecule has 1 saturated carbocycles. The zero-order valence-electron chi connectivity index (χ0n) is 16.9. The average molecular weight is 427 g/mol. The van der Waals surface area contributed by atoms with Gasteiger partial charge in [0.2, 0.25) is 11.9 Å². The van der Waals surface area contributed by atoms with Gasteiger partial charge in [0, 0.05) is 11.4 Å². The molecular weight excluding hydrogens is 400 g/mol. The van der Waals surface area contributed by atoms with E-state index >= 15 is 0 Å². The Morgan fingerprint density at radius 2 is 1.60 bits per heavy atom. The maximum Gasteiger partial charge on any atom is 0.261 e. The van der Waals surface area contributed by atoms with E-state index in [9.17, 15) is 8.42 Å². The highest BCUT2D eigenvalue weighted by Crippen LogP contribution is 2.39. The first-order valence-corrected chi connectivity index (χ1v) is 11.5. The van der Waals surface area contributed by atoms with Gasteiger partial charge in [-0.05, 0) is 69.0 Å². The summed E-state index contributed by atoms with van der Waals surface area (Å²) >= 11 is 0. The molecule has 1 heterocycles. The standard InChI is InChI=1S/C21H26N6O2S/c1-15-5-7-16(8-6-15)26-30(28,29)18-11-9-17(10-12-18)27-20(23)24-19(22)25-21(27)13-3-2-4-14-21/h5-12,26H,2-4,13-14H2,1H3,(H4,22,23,24,25). The third-order valence-electron chi connectivity index (χ3n) is 5.56. The van der Waals surface area contributed by atoms with Gasteiger partial charge in [-0.25, -0.2) is 13.4 Å². The predicted molar refractivity (Wildman–Crippen MR) is 120 cm³/mol. The summed E-state index contributed by atoms with van der Waals surface area (Å²) in [5, 5.41) is 0. The van der Waals surface area contributed by atoms with Gasteiger partial charge in [-0.2, -0.15) is 4.99 Å². The topological polar surface area (TPSA) is 126 Å². The van der Waals surface area contributed by atoms with Crippen LogP contribution in [0.2, 0.25) is 0 Å². The minimum absolute atomic E-state index is 0.167. The van der Waals surface area contributed by atoms with Crippen LogP contribution in [0.5, 0.6) is 0 Å². The highest BCUT2D eigenvalue weighted by molar-refractivity contribution is 7.92. The van der Waals surface area contributed by atoms with Crippen LogP contribution in [-0.4, -0.2) is 26.0 Å². The molecule has 0 bridgehead atoms. The Bertz CT molecular complexity index is 1090. The number of anilines is 2. The average Bonchev–Trinajstić information content (AvgIpc) is 2.70. The van der Waals surface area contributed by atoms with Crippen LogP contribution in [0.4, 0.5) is 11.4 Å². The number of guanidine groups is 2. The fourth-order valence-corrected chi connectivity index (χ4v) is 5.16. The first-order chi connectivity index (χ1) is 14.3. The molecule has 0 atom stereocenters. The van der Waals surface area contributed by atoms with Gasteiger partial charge in [0.1, 0.15) is 5.66 Å². The van der Waals surface area contributed by atoms with Crippen molar-refractivity contribution in [3.63, 3.8) is 0 Å². The molecule has 1 spiro atoms. The van der Waals surface area contributed by atoms with Crippen LogP contribution in [0.15, 0.2) is 63.4 Å². The van der Waals surface area contributed by atoms with Crippen molar-refractivity contribution in [2.45, 2.75) is 49.6 Å². The van der Waals surface area contributed by atoms with Gasteiger partial charge in [-0.1, -0.05) is 24.1 Å². The molecule has 0 radical (unpaired) electrons. The summed E-state index contributed by atoms with van der Waals surface area (Å²) in [7, 11) is -3.71. The number of aliphatic imine (C=N–C) groups is 2. The minimum Gasteiger partial charge on any atom is -0.369 e. The Hall–Kier alpha value is -3.07. The molecule has 2 aromatic rings. The Morgan fingerprint density at radius 3 is 2.23 bits per heavy atom. The van der Waals surface area contributed by atoms with E-state index in [2.05, 4.69) is 14.7 Å². The quantitative estimate of drug-likeness (QED) is 0.693. The Kier molecular flexibility index (Phi) is 5.15. The number of aryl methyl sites for hydroxylation is 1. The van der Waals surface area contributed by atoms with Crippen molar-refractivity contribution in [1.82, 2.24) is 0 Å². The fraction of sp³-hybridized carbons (Fsp3) is 0.333. The van der Waals surface area contributed by atoms with Gasteiger partial charge < -0.3 is 11.5 Å². The van der Waals surface area contributed by atoms with E-state index in [1.807, 2.05) is 24.0 Å². The van der Waals surface area contributed by atoms with Crippen molar-refractivity contribution in [3.05, 3.63) is 54.1 Å². The zero-order chi connectivity index (χ0) is 21.4. The number of hydrogen-bond acceptors (Lipinski definition) is 7. The maximum atomic E-state index is 12.8. The fourth-order valence-electron chi connectivity index (χ4n) is 4.10. The molecule has 0 unspecified atom stereocenters. The second kappa shape index (κ2) is 7.64. The van der Waals surface area contributed by atoms with E-state index in [4.69, 9.17) is 11.5 Å². The first-order valence-electron chi connectivity index (χ1n) is 9.98. The van der Waals surface area contributed by atoms with Crippen LogP contribution in [0.1, 0.15) is 37.7 Å². The largest absolute Gasteiger partial charge is 0.369 e. The van der Waals surface area contributed by atoms with Gasteiger partial charge in [0.25, 0.3) is 10.0 Å². The lowest BCUT2D eigenvalue weighted by atomic mass is 9.87. The number of sulfonamides is 1. The molecule has 0 saturated heterocycles. The van der Waals surface area contributed by atoms with Crippen molar-refractivity contribution in [3.8, 4) is 0 Å². The summed E-state index contributed by atoms with van der Waals surface area (Å²) in [5.74, 6) is 0.463. The molecule has 30 heavy (non-hydrogen) atoms. The molecule has 4 rings (SSSR count). The third-order valence-corrected chi connectivity index (χ3v) is 6.96. The second-order valence-electron chi connectivity index (χ2n) is 7.78. The summed E-state index contributed by atoms with van der Waals surface area (Å²) in [6, 6.07) is 13.8. The smallest absolute Gasteiger partial charge is 0.261 e. The van der Waals surface area contributed by atoms with Crippen molar-refractivity contribution in [1.29, 1.82) is 0 Å². The number of nitrogens with one attached hydrogen (secondary N) is 1. The van der Waals surface area contributed by atoms with E-state index in [0.29, 0.717) is 5.69 Å². The number of nitrogens with two attached hydrogens (primary N) is 2. The van der Waals surface area contributed by atoms with Crippen LogP contribution in [0.3, 0.4) is 0 Å². The van der Waals surface area contributed by atoms with E-state index < -0.39 is 15.7 Å². The van der Waals surface area contributed by atoms with E-state index in [-0.39, 0.29) is 16.8 Å². The summed E-state index contributed by atoms with van der Waals surface area (Å²) in [4.78, 5) is 10.8. The maximum absolute atomic E-state index is 12.8. The van der Waals surface area contributed by atoms with Crippen LogP contribution in [0.25, 0.3) is 0 Å². The van der Waals surface area contributed by atoms with Gasteiger partial charge in [-0.3, -0.25) is 9.62 Å². The molecule has 1 fully saturated rings. The Balaban J connectivity index is 1.62. The monoisotopic (exact) mass is 426 g/mol. The summed E-state index contributed by atoms with van der Waals surface area (Å²) in [5.41, 5.74) is 13.9. The lowest BCUT2D eigenvalue weighted by molar-refractivity contribution is 0.305. The number of rotatable bonds is 4. The van der Waals surface area contributed by atoms with Gasteiger partial charge >= 0.3 is 0 Å². The minimum atomic E-state index is -3.71. The molecule has 8 nitrogen and oxygen atoms in total. The van der Waals surface area contributed by atoms with Crippen LogP contribution in [0, 0.1) is 6.92 Å².